The van der Waals surface area contributed by atoms with Crippen LogP contribution in [0.1, 0.15) is 213 Å². The van der Waals surface area contributed by atoms with Crippen molar-refractivity contribution in [2.24, 2.45) is 0 Å². The molecule has 1 atom stereocenters. The molecule has 0 radical (unpaired) electrons. The van der Waals surface area contributed by atoms with Gasteiger partial charge < -0.3 is 14.2 Å². The van der Waals surface area contributed by atoms with Crippen molar-refractivity contribution < 1.29 is 28.6 Å². The average Bonchev–Trinajstić information content (AvgIpc) is 3.33. The summed E-state index contributed by atoms with van der Waals surface area (Å²) in [5.41, 5.74) is 0. The summed E-state index contributed by atoms with van der Waals surface area (Å²) in [6, 6.07) is 0. The van der Waals surface area contributed by atoms with Crippen LogP contribution in [0.15, 0.2) is 134 Å². The van der Waals surface area contributed by atoms with Gasteiger partial charge in [0, 0.05) is 19.3 Å². The first-order chi connectivity index (χ1) is 33.0. The van der Waals surface area contributed by atoms with Gasteiger partial charge >= 0.3 is 17.9 Å². The molecule has 0 heterocycles. The molecule has 0 unspecified atom stereocenters. The minimum Gasteiger partial charge on any atom is -0.462 e. The highest BCUT2D eigenvalue weighted by molar-refractivity contribution is 5.71. The molecule has 6 nitrogen and oxygen atoms in total. The van der Waals surface area contributed by atoms with Gasteiger partial charge in [0.05, 0.1) is 0 Å². The summed E-state index contributed by atoms with van der Waals surface area (Å²) in [6.45, 7) is 6.28. The number of allylic oxidation sites excluding steroid dienone is 22. The second kappa shape index (κ2) is 54.2. The first-order valence-corrected chi connectivity index (χ1v) is 26.7. The lowest BCUT2D eigenvalue weighted by molar-refractivity contribution is -0.167. The third-order valence-electron chi connectivity index (χ3n) is 10.6. The van der Waals surface area contributed by atoms with Gasteiger partial charge in [0.2, 0.25) is 0 Å². The van der Waals surface area contributed by atoms with Crippen LogP contribution in [0.2, 0.25) is 0 Å². The summed E-state index contributed by atoms with van der Waals surface area (Å²) in [5, 5.41) is 0. The molecule has 0 spiro atoms. The zero-order valence-electron chi connectivity index (χ0n) is 42.9. The van der Waals surface area contributed by atoms with Gasteiger partial charge in [-0.3, -0.25) is 14.4 Å². The number of rotatable bonds is 46. The van der Waals surface area contributed by atoms with Gasteiger partial charge in [-0.2, -0.15) is 0 Å². The van der Waals surface area contributed by atoms with E-state index in [4.69, 9.17) is 14.2 Å². The number of hydrogen-bond donors (Lipinski definition) is 0. The van der Waals surface area contributed by atoms with Crippen LogP contribution in [0.3, 0.4) is 0 Å². The lowest BCUT2D eigenvalue weighted by atomic mass is 10.1. The van der Waals surface area contributed by atoms with Crippen LogP contribution in [-0.4, -0.2) is 37.2 Å². The summed E-state index contributed by atoms with van der Waals surface area (Å²) in [7, 11) is 0. The van der Waals surface area contributed by atoms with Gasteiger partial charge in [-0.15, -0.1) is 0 Å². The number of hydrogen-bond acceptors (Lipinski definition) is 6. The van der Waals surface area contributed by atoms with Gasteiger partial charge in [-0.25, -0.2) is 0 Å². The van der Waals surface area contributed by atoms with E-state index in [0.717, 1.165) is 96.3 Å². The molecule has 376 valence electrons. The number of esters is 3. The summed E-state index contributed by atoms with van der Waals surface area (Å²) in [4.78, 5) is 38.0. The molecule has 0 aromatic rings. The van der Waals surface area contributed by atoms with Gasteiger partial charge in [0.1, 0.15) is 13.2 Å². The summed E-state index contributed by atoms with van der Waals surface area (Å²) in [6.07, 6.45) is 75.9. The molecule has 0 aliphatic heterocycles. The van der Waals surface area contributed by atoms with Crippen LogP contribution in [0.4, 0.5) is 0 Å². The van der Waals surface area contributed by atoms with E-state index >= 15 is 0 Å². The normalized spacial score (nSPS) is 13.2. The van der Waals surface area contributed by atoms with Gasteiger partial charge in [-0.05, 0) is 122 Å². The Morgan fingerprint density at radius 3 is 0.985 bits per heavy atom. The molecule has 0 aromatic heterocycles. The lowest BCUT2D eigenvalue weighted by Gasteiger charge is -2.18. The Kier molecular flexibility index (Phi) is 50.6. The Hall–Kier alpha value is -4.45. The van der Waals surface area contributed by atoms with E-state index in [9.17, 15) is 14.4 Å². The fourth-order valence-electron chi connectivity index (χ4n) is 6.68. The maximum atomic E-state index is 12.8. The topological polar surface area (TPSA) is 78.9 Å². The molecule has 67 heavy (non-hydrogen) atoms. The van der Waals surface area contributed by atoms with Crippen molar-refractivity contribution in [3.05, 3.63) is 134 Å². The highest BCUT2D eigenvalue weighted by atomic mass is 16.6. The number of unbranched alkanes of at least 4 members (excludes halogenated alkanes) is 13. The summed E-state index contributed by atoms with van der Waals surface area (Å²) in [5.74, 6) is -1.06. The molecule has 0 amide bonds. The van der Waals surface area contributed by atoms with Crippen LogP contribution in [0.25, 0.3) is 0 Å². The molecule has 0 saturated heterocycles. The smallest absolute Gasteiger partial charge is 0.306 e. The Morgan fingerprint density at radius 1 is 0.313 bits per heavy atom. The third kappa shape index (κ3) is 52.4. The van der Waals surface area contributed by atoms with E-state index in [0.29, 0.717) is 19.3 Å². The zero-order valence-corrected chi connectivity index (χ0v) is 42.9. The van der Waals surface area contributed by atoms with Crippen LogP contribution in [0.5, 0.6) is 0 Å². The fraction of sp³-hybridized carbons (Fsp3) is 0.590. The Bertz CT molecular complexity index is 1480. The van der Waals surface area contributed by atoms with E-state index in [1.807, 2.05) is 0 Å². The molecule has 6 heteroatoms. The van der Waals surface area contributed by atoms with Crippen LogP contribution in [-0.2, 0) is 28.6 Å². The maximum Gasteiger partial charge on any atom is 0.306 e. The summed E-state index contributed by atoms with van der Waals surface area (Å²) >= 11 is 0. The number of ether oxygens (including phenoxy) is 3. The highest BCUT2D eigenvalue weighted by Gasteiger charge is 2.19. The van der Waals surface area contributed by atoms with Crippen molar-refractivity contribution in [2.45, 2.75) is 219 Å². The zero-order chi connectivity index (χ0) is 48.6. The first-order valence-electron chi connectivity index (χ1n) is 26.7. The molecule has 0 fully saturated rings. The predicted molar refractivity (Wildman–Crippen MR) is 288 cm³/mol. The van der Waals surface area contributed by atoms with Crippen molar-refractivity contribution in [3.8, 4) is 0 Å². The molecule has 0 aromatic carbocycles. The Morgan fingerprint density at radius 2 is 0.597 bits per heavy atom. The van der Waals surface area contributed by atoms with Crippen LogP contribution >= 0.6 is 0 Å². The third-order valence-corrected chi connectivity index (χ3v) is 10.6. The van der Waals surface area contributed by atoms with Gasteiger partial charge in [-0.1, -0.05) is 206 Å². The second-order valence-electron chi connectivity index (χ2n) is 17.0. The molecular formula is C61H96O6. The van der Waals surface area contributed by atoms with Gasteiger partial charge in [0.25, 0.3) is 0 Å². The van der Waals surface area contributed by atoms with E-state index in [1.54, 1.807) is 0 Å². The van der Waals surface area contributed by atoms with Crippen molar-refractivity contribution in [1.29, 1.82) is 0 Å². The SMILES string of the molecule is CC/C=C/C/C=C/C/C=C/C/C=C/C/C=C/CCCC(=O)OC[C@@H](COC(=O)CCCCCCCCC/C=C/CCCCCC)OC(=O)CCC/C=C/C/C=C/C/C=C/C/C=C/C/C=C/CC. The van der Waals surface area contributed by atoms with Gasteiger partial charge in [0.15, 0.2) is 6.10 Å². The fourth-order valence-corrected chi connectivity index (χ4v) is 6.68. The monoisotopic (exact) mass is 925 g/mol. The molecule has 0 bridgehead atoms. The Labute approximate surface area is 411 Å². The molecule has 0 rings (SSSR count). The number of carbonyl (C=O) groups is 3. The second-order valence-corrected chi connectivity index (χ2v) is 17.0. The molecule has 0 N–H and O–H groups in total. The standard InChI is InChI=1S/C61H96O6/c1-4-7-10-13-16-19-22-25-28-30-33-36-39-42-45-48-51-54-60(63)66-57-58(56-65-59(62)53-50-47-44-41-38-35-32-27-24-21-18-15-12-9-6-3)67-61(64)55-52-49-46-43-40-37-34-31-29-26-23-20-17-14-11-8-5-2/h7-8,10-11,16-17,19-21,24-26,28-29,33-34,36-37,42-43,45-46,58H,4-6,9,12-15,18,22-23,27,30-32,35,38-41,44,47-57H2,1-3H3/b10-7+,11-8+,19-16+,20-17+,24-21+,28-25+,29-26+,36-33+,37-34+,45-42+,46-43+/t58-/m1/s1. The minimum absolute atomic E-state index is 0.125. The average molecular weight is 925 g/mol. The lowest BCUT2D eigenvalue weighted by Crippen LogP contribution is -2.30. The molecule has 0 aliphatic rings. The minimum atomic E-state index is -0.837. The van der Waals surface area contributed by atoms with Crippen molar-refractivity contribution >= 4 is 17.9 Å². The van der Waals surface area contributed by atoms with E-state index in [2.05, 4.69) is 154 Å². The van der Waals surface area contributed by atoms with Crippen molar-refractivity contribution in [3.63, 3.8) is 0 Å². The molecule has 0 saturated carbocycles. The summed E-state index contributed by atoms with van der Waals surface area (Å²) < 4.78 is 16.7. The molecule has 0 aliphatic carbocycles. The Balaban J connectivity index is 4.60. The largest absolute Gasteiger partial charge is 0.462 e. The van der Waals surface area contributed by atoms with Crippen molar-refractivity contribution in [1.82, 2.24) is 0 Å². The maximum absolute atomic E-state index is 12.8. The highest BCUT2D eigenvalue weighted by Crippen LogP contribution is 2.12. The molecular weight excluding hydrogens is 829 g/mol. The van der Waals surface area contributed by atoms with E-state index in [1.165, 1.54) is 64.2 Å². The van der Waals surface area contributed by atoms with Crippen molar-refractivity contribution in [2.75, 3.05) is 13.2 Å². The first kappa shape index (κ1) is 62.5. The van der Waals surface area contributed by atoms with E-state index < -0.39 is 6.10 Å². The van der Waals surface area contributed by atoms with Crippen LogP contribution in [0, 0.1) is 0 Å². The van der Waals surface area contributed by atoms with E-state index in [-0.39, 0.29) is 44.0 Å². The quantitative estimate of drug-likeness (QED) is 0.0262. The van der Waals surface area contributed by atoms with Crippen LogP contribution < -0.4 is 0 Å². The number of carbonyl (C=O) groups excluding carboxylic acids is 3. The predicted octanol–water partition coefficient (Wildman–Crippen LogP) is 17.9.